The Labute approximate surface area is 89.7 Å². The molecule has 1 atom stereocenters. The second-order valence-electron chi connectivity index (χ2n) is 4.04. The molecule has 15 heavy (non-hydrogen) atoms. The van der Waals surface area contributed by atoms with E-state index in [1.165, 1.54) is 6.42 Å². The minimum atomic E-state index is 0.259. The summed E-state index contributed by atoms with van der Waals surface area (Å²) in [6, 6.07) is 3.41. The molecule has 0 spiro atoms. The van der Waals surface area contributed by atoms with E-state index in [0.717, 1.165) is 19.5 Å². The van der Waals surface area contributed by atoms with Gasteiger partial charge in [0.15, 0.2) is 11.6 Å². The second kappa shape index (κ2) is 4.49. The third kappa shape index (κ3) is 2.21. The van der Waals surface area contributed by atoms with Crippen molar-refractivity contribution in [3.63, 3.8) is 0 Å². The molecule has 0 saturated carbocycles. The van der Waals surface area contributed by atoms with Crippen LogP contribution in [0.5, 0.6) is 5.75 Å². The molecule has 0 radical (unpaired) electrons. The van der Waals surface area contributed by atoms with E-state index in [4.69, 9.17) is 5.73 Å². The quantitative estimate of drug-likeness (QED) is 0.758. The number of hydrogen-bond donors (Lipinski definition) is 2. The predicted molar refractivity (Wildman–Crippen MR) is 59.9 cm³/mol. The Bertz CT molecular complexity index is 329. The summed E-state index contributed by atoms with van der Waals surface area (Å²) < 4.78 is 0. The molecular weight excluding hydrogens is 190 g/mol. The molecule has 1 aromatic rings. The van der Waals surface area contributed by atoms with Crippen LogP contribution in [-0.4, -0.2) is 29.7 Å². The molecule has 0 aromatic carbocycles. The second-order valence-corrected chi connectivity index (χ2v) is 4.04. The fraction of sp³-hybridized carbons (Fsp3) is 0.545. The molecule has 1 aliphatic rings. The monoisotopic (exact) mass is 207 g/mol. The number of nitrogens with zero attached hydrogens (tertiary/aromatic N) is 2. The summed E-state index contributed by atoms with van der Waals surface area (Å²) in [5, 5.41) is 9.69. The number of aromatic nitrogens is 1. The van der Waals surface area contributed by atoms with Crippen LogP contribution in [0.15, 0.2) is 18.3 Å². The van der Waals surface area contributed by atoms with Crippen molar-refractivity contribution in [1.82, 2.24) is 4.98 Å². The molecule has 0 bridgehead atoms. The van der Waals surface area contributed by atoms with E-state index in [2.05, 4.69) is 9.88 Å². The zero-order chi connectivity index (χ0) is 10.7. The van der Waals surface area contributed by atoms with Crippen LogP contribution in [0.4, 0.5) is 5.82 Å². The fourth-order valence-corrected chi connectivity index (χ4v) is 2.08. The molecule has 1 fully saturated rings. The van der Waals surface area contributed by atoms with Crippen LogP contribution in [0, 0.1) is 5.92 Å². The highest BCUT2D eigenvalue weighted by atomic mass is 16.3. The summed E-state index contributed by atoms with van der Waals surface area (Å²) in [6.07, 6.45) is 4.01. The summed E-state index contributed by atoms with van der Waals surface area (Å²) in [4.78, 5) is 6.33. The van der Waals surface area contributed by atoms with Crippen molar-refractivity contribution >= 4 is 5.82 Å². The van der Waals surface area contributed by atoms with Crippen molar-refractivity contribution in [3.05, 3.63) is 18.3 Å². The maximum absolute atomic E-state index is 9.69. The van der Waals surface area contributed by atoms with Gasteiger partial charge < -0.3 is 15.7 Å². The topological polar surface area (TPSA) is 62.4 Å². The first kappa shape index (κ1) is 10.2. The summed E-state index contributed by atoms with van der Waals surface area (Å²) in [6.45, 7) is 2.58. The zero-order valence-corrected chi connectivity index (χ0v) is 8.76. The smallest absolute Gasteiger partial charge is 0.171 e. The van der Waals surface area contributed by atoms with Gasteiger partial charge >= 0.3 is 0 Å². The van der Waals surface area contributed by atoms with Crippen molar-refractivity contribution in [3.8, 4) is 5.75 Å². The largest absolute Gasteiger partial charge is 0.504 e. The van der Waals surface area contributed by atoms with Crippen molar-refractivity contribution in [2.45, 2.75) is 12.8 Å². The highest BCUT2D eigenvalue weighted by Gasteiger charge is 2.21. The van der Waals surface area contributed by atoms with Crippen LogP contribution in [-0.2, 0) is 0 Å². The molecule has 0 unspecified atom stereocenters. The highest BCUT2D eigenvalue weighted by molar-refractivity contribution is 5.51. The third-order valence-electron chi connectivity index (χ3n) is 2.92. The lowest BCUT2D eigenvalue weighted by molar-refractivity contribution is 0.412. The van der Waals surface area contributed by atoms with Crippen LogP contribution >= 0.6 is 0 Å². The van der Waals surface area contributed by atoms with Crippen molar-refractivity contribution in [2.75, 3.05) is 24.5 Å². The van der Waals surface area contributed by atoms with E-state index in [1.807, 2.05) is 0 Å². The fourth-order valence-electron chi connectivity index (χ4n) is 2.08. The summed E-state index contributed by atoms with van der Waals surface area (Å²) in [5.74, 6) is 1.48. The molecule has 82 valence electrons. The SMILES string of the molecule is NC[C@H]1CCCN(c2ncccc2O)C1. The standard InChI is InChI=1S/C11H17N3O/c12-7-9-3-2-6-14(8-9)11-10(15)4-1-5-13-11/h1,4-5,9,15H,2-3,6-8,12H2/t9-/m1/s1. The van der Waals surface area contributed by atoms with Gasteiger partial charge in [0, 0.05) is 19.3 Å². The lowest BCUT2D eigenvalue weighted by Crippen LogP contribution is -2.38. The van der Waals surface area contributed by atoms with E-state index >= 15 is 0 Å². The molecule has 1 aliphatic heterocycles. The van der Waals surface area contributed by atoms with Gasteiger partial charge in [-0.05, 0) is 37.4 Å². The van der Waals surface area contributed by atoms with E-state index in [-0.39, 0.29) is 5.75 Å². The van der Waals surface area contributed by atoms with E-state index in [0.29, 0.717) is 18.3 Å². The molecule has 4 heteroatoms. The Hall–Kier alpha value is -1.29. The van der Waals surface area contributed by atoms with Gasteiger partial charge in [-0.3, -0.25) is 0 Å². The van der Waals surface area contributed by atoms with Gasteiger partial charge in [0.05, 0.1) is 0 Å². The van der Waals surface area contributed by atoms with E-state index in [9.17, 15) is 5.11 Å². The molecule has 0 amide bonds. The number of hydrogen-bond acceptors (Lipinski definition) is 4. The third-order valence-corrected chi connectivity index (χ3v) is 2.92. The van der Waals surface area contributed by atoms with Gasteiger partial charge in [-0.2, -0.15) is 0 Å². The Kier molecular flexibility index (Phi) is 3.06. The molecular formula is C11H17N3O. The Morgan fingerprint density at radius 3 is 3.20 bits per heavy atom. The number of piperidine rings is 1. The van der Waals surface area contributed by atoms with Gasteiger partial charge in [-0.15, -0.1) is 0 Å². The molecule has 2 rings (SSSR count). The summed E-state index contributed by atoms with van der Waals surface area (Å²) in [5.41, 5.74) is 5.67. The summed E-state index contributed by atoms with van der Waals surface area (Å²) >= 11 is 0. The van der Waals surface area contributed by atoms with Crippen LogP contribution in [0.2, 0.25) is 0 Å². The molecule has 2 heterocycles. The van der Waals surface area contributed by atoms with Gasteiger partial charge in [0.25, 0.3) is 0 Å². The van der Waals surface area contributed by atoms with Gasteiger partial charge in [0.2, 0.25) is 0 Å². The molecule has 4 nitrogen and oxygen atoms in total. The van der Waals surface area contributed by atoms with Crippen LogP contribution in [0.3, 0.4) is 0 Å². The minimum absolute atomic E-state index is 0.259. The first-order valence-corrected chi connectivity index (χ1v) is 5.40. The van der Waals surface area contributed by atoms with E-state index in [1.54, 1.807) is 18.3 Å². The van der Waals surface area contributed by atoms with Crippen molar-refractivity contribution in [1.29, 1.82) is 0 Å². The maximum atomic E-state index is 9.69. The number of nitrogens with two attached hydrogens (primary N) is 1. The number of anilines is 1. The van der Waals surface area contributed by atoms with Crippen LogP contribution in [0.1, 0.15) is 12.8 Å². The number of rotatable bonds is 2. The molecule has 1 saturated heterocycles. The van der Waals surface area contributed by atoms with Crippen LogP contribution < -0.4 is 10.6 Å². The molecule has 0 aliphatic carbocycles. The first-order chi connectivity index (χ1) is 7.31. The van der Waals surface area contributed by atoms with Crippen molar-refractivity contribution < 1.29 is 5.11 Å². The average molecular weight is 207 g/mol. The maximum Gasteiger partial charge on any atom is 0.171 e. The zero-order valence-electron chi connectivity index (χ0n) is 8.76. The molecule has 1 aromatic heterocycles. The van der Waals surface area contributed by atoms with Crippen LogP contribution in [0.25, 0.3) is 0 Å². The Morgan fingerprint density at radius 1 is 1.60 bits per heavy atom. The Morgan fingerprint density at radius 2 is 2.47 bits per heavy atom. The van der Waals surface area contributed by atoms with Gasteiger partial charge in [-0.1, -0.05) is 0 Å². The first-order valence-electron chi connectivity index (χ1n) is 5.40. The van der Waals surface area contributed by atoms with Crippen molar-refractivity contribution in [2.24, 2.45) is 11.7 Å². The van der Waals surface area contributed by atoms with E-state index < -0.39 is 0 Å². The van der Waals surface area contributed by atoms with Gasteiger partial charge in [0.1, 0.15) is 0 Å². The highest BCUT2D eigenvalue weighted by Crippen LogP contribution is 2.27. The lowest BCUT2D eigenvalue weighted by atomic mass is 9.98. The minimum Gasteiger partial charge on any atom is -0.504 e. The predicted octanol–water partition coefficient (Wildman–Crippen LogP) is 0.962. The normalized spacial score (nSPS) is 21.7. The number of aromatic hydroxyl groups is 1. The van der Waals surface area contributed by atoms with Gasteiger partial charge in [-0.25, -0.2) is 4.98 Å². The lowest BCUT2D eigenvalue weighted by Gasteiger charge is -2.33. The summed E-state index contributed by atoms with van der Waals surface area (Å²) in [7, 11) is 0. The number of pyridine rings is 1. The Balaban J connectivity index is 2.13. The average Bonchev–Trinajstić information content (AvgIpc) is 2.30. The molecule has 3 N–H and O–H groups in total.